The highest BCUT2D eigenvalue weighted by atomic mass is 16.3. The summed E-state index contributed by atoms with van der Waals surface area (Å²) in [5.74, 6) is 0.0236. The first-order chi connectivity index (χ1) is 11.4. The van der Waals surface area contributed by atoms with E-state index in [4.69, 9.17) is 0 Å². The molecule has 2 N–H and O–H groups in total. The third-order valence-electron chi connectivity index (χ3n) is 4.21. The van der Waals surface area contributed by atoms with Crippen molar-refractivity contribution < 1.29 is 9.90 Å². The number of hydrogen-bond acceptors (Lipinski definition) is 3. The van der Waals surface area contributed by atoms with Gasteiger partial charge in [0.25, 0.3) is 0 Å². The zero-order valence-electron chi connectivity index (χ0n) is 14.9. The van der Waals surface area contributed by atoms with Crippen molar-refractivity contribution in [3.05, 3.63) is 53.3 Å². The van der Waals surface area contributed by atoms with Crippen molar-refractivity contribution in [3.8, 4) is 0 Å². The highest BCUT2D eigenvalue weighted by Crippen LogP contribution is 2.21. The van der Waals surface area contributed by atoms with Crippen molar-refractivity contribution in [1.82, 2.24) is 15.1 Å². The summed E-state index contributed by atoms with van der Waals surface area (Å²) in [6.45, 7) is 7.99. The molecule has 0 aliphatic carbocycles. The van der Waals surface area contributed by atoms with E-state index in [0.29, 0.717) is 13.0 Å². The molecule has 0 radical (unpaired) electrons. The molecule has 1 aromatic heterocycles. The number of aromatic nitrogens is 2. The summed E-state index contributed by atoms with van der Waals surface area (Å²) in [5, 5.41) is 17.1. The van der Waals surface area contributed by atoms with E-state index in [2.05, 4.69) is 10.4 Å². The van der Waals surface area contributed by atoms with Crippen molar-refractivity contribution in [1.29, 1.82) is 0 Å². The van der Waals surface area contributed by atoms with Gasteiger partial charge in [-0.25, -0.2) is 0 Å². The lowest BCUT2D eigenvalue weighted by Crippen LogP contribution is -2.35. The van der Waals surface area contributed by atoms with Crippen molar-refractivity contribution >= 4 is 5.91 Å². The number of hydrogen-bond donors (Lipinski definition) is 2. The minimum absolute atomic E-state index is 0.0623. The van der Waals surface area contributed by atoms with Crippen LogP contribution in [0, 0.1) is 13.8 Å². The minimum atomic E-state index is -0.416. The number of aliphatic hydroxyl groups is 1. The van der Waals surface area contributed by atoms with Gasteiger partial charge in [-0.1, -0.05) is 30.3 Å². The smallest absolute Gasteiger partial charge is 0.244 e. The Balaban J connectivity index is 2.03. The van der Waals surface area contributed by atoms with Crippen LogP contribution < -0.4 is 5.32 Å². The largest absolute Gasteiger partial charge is 0.393 e. The third kappa shape index (κ3) is 4.68. The van der Waals surface area contributed by atoms with Crippen LogP contribution in [0.4, 0.5) is 0 Å². The molecule has 3 atom stereocenters. The second-order valence-electron chi connectivity index (χ2n) is 6.49. The van der Waals surface area contributed by atoms with Crippen LogP contribution in [0.2, 0.25) is 0 Å². The topological polar surface area (TPSA) is 67.2 Å². The van der Waals surface area contributed by atoms with Crippen LogP contribution >= 0.6 is 0 Å². The van der Waals surface area contributed by atoms with Crippen LogP contribution in [-0.4, -0.2) is 33.4 Å². The van der Waals surface area contributed by atoms with E-state index in [-0.39, 0.29) is 17.9 Å². The van der Waals surface area contributed by atoms with Crippen LogP contribution in [0.5, 0.6) is 0 Å². The number of rotatable bonds is 7. The molecule has 0 aliphatic rings. The predicted molar refractivity (Wildman–Crippen MR) is 94.9 cm³/mol. The van der Waals surface area contributed by atoms with Crippen molar-refractivity contribution in [2.24, 2.45) is 0 Å². The molecule has 0 saturated heterocycles. The maximum atomic E-state index is 12.5. The van der Waals surface area contributed by atoms with Gasteiger partial charge >= 0.3 is 0 Å². The maximum Gasteiger partial charge on any atom is 0.244 e. The molecule has 2 aromatic rings. The van der Waals surface area contributed by atoms with Crippen LogP contribution in [0.3, 0.4) is 0 Å². The fourth-order valence-electron chi connectivity index (χ4n) is 2.99. The summed E-state index contributed by atoms with van der Waals surface area (Å²) in [7, 11) is 0. The standard InChI is InChI=1S/C19H27N3O2/c1-13-10-14(2)22(21-13)16(4)19(24)20-12-18(11-15(3)23)17-8-6-5-7-9-17/h5-10,15-16,18,23H,11-12H2,1-4H3,(H,20,24). The number of nitrogens with one attached hydrogen (secondary N) is 1. The molecule has 5 heteroatoms. The quantitative estimate of drug-likeness (QED) is 0.821. The van der Waals surface area contributed by atoms with E-state index in [1.54, 1.807) is 11.6 Å². The van der Waals surface area contributed by atoms with Gasteiger partial charge in [0.2, 0.25) is 5.91 Å². The molecule has 0 fully saturated rings. The molecule has 130 valence electrons. The molecular formula is C19H27N3O2. The van der Waals surface area contributed by atoms with E-state index >= 15 is 0 Å². The Morgan fingerprint density at radius 1 is 1.25 bits per heavy atom. The van der Waals surface area contributed by atoms with E-state index in [9.17, 15) is 9.90 Å². The number of aliphatic hydroxyl groups excluding tert-OH is 1. The van der Waals surface area contributed by atoms with Crippen LogP contribution in [0.1, 0.15) is 49.2 Å². The molecule has 0 saturated carbocycles. The molecule has 5 nitrogen and oxygen atoms in total. The highest BCUT2D eigenvalue weighted by Gasteiger charge is 2.20. The fraction of sp³-hybridized carbons (Fsp3) is 0.474. The molecule has 1 heterocycles. The molecule has 0 aliphatic heterocycles. The number of nitrogens with zero attached hydrogens (tertiary/aromatic N) is 2. The Labute approximate surface area is 143 Å². The lowest BCUT2D eigenvalue weighted by Gasteiger charge is -2.21. The van der Waals surface area contributed by atoms with Gasteiger partial charge in [-0.15, -0.1) is 0 Å². The fourth-order valence-corrected chi connectivity index (χ4v) is 2.99. The van der Waals surface area contributed by atoms with Gasteiger partial charge in [0.05, 0.1) is 11.8 Å². The van der Waals surface area contributed by atoms with E-state index in [1.165, 1.54) is 0 Å². The Morgan fingerprint density at radius 3 is 2.46 bits per heavy atom. The Kier molecular flexibility index (Phi) is 6.15. The predicted octanol–water partition coefficient (Wildman–Crippen LogP) is 2.73. The van der Waals surface area contributed by atoms with Gasteiger partial charge in [0.1, 0.15) is 6.04 Å². The van der Waals surface area contributed by atoms with Gasteiger partial charge in [-0.05, 0) is 45.7 Å². The summed E-state index contributed by atoms with van der Waals surface area (Å²) >= 11 is 0. The number of carbonyl (C=O) groups is 1. The number of benzene rings is 1. The summed E-state index contributed by atoms with van der Waals surface area (Å²) in [6.07, 6.45) is 0.194. The average Bonchev–Trinajstić information content (AvgIpc) is 2.89. The summed E-state index contributed by atoms with van der Waals surface area (Å²) in [4.78, 5) is 12.5. The molecule has 24 heavy (non-hydrogen) atoms. The lowest BCUT2D eigenvalue weighted by molar-refractivity contribution is -0.124. The highest BCUT2D eigenvalue weighted by molar-refractivity contribution is 5.79. The van der Waals surface area contributed by atoms with Crippen molar-refractivity contribution in [3.63, 3.8) is 0 Å². The molecule has 2 rings (SSSR count). The molecule has 0 spiro atoms. The minimum Gasteiger partial charge on any atom is -0.393 e. The zero-order chi connectivity index (χ0) is 17.7. The second-order valence-corrected chi connectivity index (χ2v) is 6.49. The Bertz CT molecular complexity index is 665. The average molecular weight is 329 g/mol. The normalized spacial score (nSPS) is 14.9. The van der Waals surface area contributed by atoms with E-state index in [1.807, 2.05) is 57.2 Å². The maximum absolute atomic E-state index is 12.5. The Hall–Kier alpha value is -2.14. The molecule has 3 unspecified atom stereocenters. The molecule has 0 bridgehead atoms. The van der Waals surface area contributed by atoms with Gasteiger partial charge < -0.3 is 10.4 Å². The van der Waals surface area contributed by atoms with Gasteiger partial charge in [-0.2, -0.15) is 5.10 Å². The number of amides is 1. The second kappa shape index (κ2) is 8.11. The van der Waals surface area contributed by atoms with Crippen molar-refractivity contribution in [2.75, 3.05) is 6.54 Å². The SMILES string of the molecule is Cc1cc(C)n(C(C)C(=O)NCC(CC(C)O)c2ccccc2)n1. The lowest BCUT2D eigenvalue weighted by atomic mass is 9.93. The first kappa shape index (κ1) is 18.2. The first-order valence-corrected chi connectivity index (χ1v) is 8.42. The number of carbonyl (C=O) groups excluding carboxylic acids is 1. The monoisotopic (exact) mass is 329 g/mol. The third-order valence-corrected chi connectivity index (χ3v) is 4.21. The first-order valence-electron chi connectivity index (χ1n) is 8.42. The van der Waals surface area contributed by atoms with Crippen LogP contribution in [0.15, 0.2) is 36.4 Å². The van der Waals surface area contributed by atoms with Crippen LogP contribution in [0.25, 0.3) is 0 Å². The van der Waals surface area contributed by atoms with E-state index < -0.39 is 6.10 Å². The molecule has 1 aromatic carbocycles. The number of aryl methyl sites for hydroxylation is 2. The summed E-state index contributed by atoms with van der Waals surface area (Å²) in [5.41, 5.74) is 3.00. The van der Waals surface area contributed by atoms with Gasteiger partial charge in [-0.3, -0.25) is 9.48 Å². The van der Waals surface area contributed by atoms with Crippen molar-refractivity contribution in [2.45, 2.75) is 52.2 Å². The van der Waals surface area contributed by atoms with E-state index in [0.717, 1.165) is 17.0 Å². The van der Waals surface area contributed by atoms with Gasteiger partial charge in [0, 0.05) is 18.2 Å². The Morgan fingerprint density at radius 2 is 1.92 bits per heavy atom. The van der Waals surface area contributed by atoms with Gasteiger partial charge in [0.15, 0.2) is 0 Å². The summed E-state index contributed by atoms with van der Waals surface area (Å²) < 4.78 is 1.75. The summed E-state index contributed by atoms with van der Waals surface area (Å²) in [6, 6.07) is 11.6. The molecule has 1 amide bonds. The molecular weight excluding hydrogens is 302 g/mol. The van der Waals surface area contributed by atoms with Crippen LogP contribution in [-0.2, 0) is 4.79 Å². The zero-order valence-corrected chi connectivity index (χ0v) is 14.9.